The molecule has 0 unspecified atom stereocenters. The summed E-state index contributed by atoms with van der Waals surface area (Å²) in [7, 11) is 1.73. The number of aromatic nitrogens is 2. The molecule has 3 aromatic rings. The first-order valence-electron chi connectivity index (χ1n) is 9.55. The molecule has 0 spiro atoms. The van der Waals surface area contributed by atoms with Gasteiger partial charge in [-0.3, -0.25) is 14.2 Å². The predicted octanol–water partition coefficient (Wildman–Crippen LogP) is 3.78. The van der Waals surface area contributed by atoms with Crippen LogP contribution in [-0.2, 0) is 13.0 Å². The van der Waals surface area contributed by atoms with Gasteiger partial charge in [-0.15, -0.1) is 11.3 Å². The minimum absolute atomic E-state index is 0.0233. The Kier molecular flexibility index (Phi) is 4.93. The van der Waals surface area contributed by atoms with E-state index in [1.807, 2.05) is 38.1 Å². The second kappa shape index (κ2) is 7.39. The van der Waals surface area contributed by atoms with Crippen molar-refractivity contribution in [2.45, 2.75) is 39.7 Å². The zero-order chi connectivity index (χ0) is 19.8. The first-order chi connectivity index (χ1) is 13.5. The van der Waals surface area contributed by atoms with Gasteiger partial charge in [-0.2, -0.15) is 0 Å². The highest BCUT2D eigenvalue weighted by molar-refractivity contribution is 7.20. The molecule has 0 radical (unpaired) electrons. The molecule has 7 heteroatoms. The van der Waals surface area contributed by atoms with E-state index in [1.54, 1.807) is 16.5 Å². The van der Waals surface area contributed by atoms with Crippen molar-refractivity contribution >= 4 is 33.1 Å². The summed E-state index contributed by atoms with van der Waals surface area (Å²) in [5.41, 5.74) is 1.39. The SMILES string of the molecule is CCOc1ccccc1N(C)C(=O)c1sc2nc3n(c(=O)c2c1C)CCCC3. The van der Waals surface area contributed by atoms with E-state index in [9.17, 15) is 9.59 Å². The maximum Gasteiger partial charge on any atom is 0.268 e. The summed E-state index contributed by atoms with van der Waals surface area (Å²) in [6, 6.07) is 7.47. The van der Waals surface area contributed by atoms with E-state index >= 15 is 0 Å². The number of carbonyl (C=O) groups is 1. The number of rotatable bonds is 4. The van der Waals surface area contributed by atoms with Crippen LogP contribution in [0.15, 0.2) is 29.1 Å². The molecule has 0 aliphatic carbocycles. The van der Waals surface area contributed by atoms with Gasteiger partial charge in [0.1, 0.15) is 16.4 Å². The molecule has 4 rings (SSSR count). The van der Waals surface area contributed by atoms with E-state index < -0.39 is 0 Å². The number of ether oxygens (including phenoxy) is 1. The molecule has 0 saturated carbocycles. The Balaban J connectivity index is 1.79. The minimum atomic E-state index is -0.157. The standard InChI is InChI=1S/C21H23N3O3S/c1-4-27-15-10-6-5-9-14(15)23(3)21(26)18-13(2)17-19(28-18)22-16-11-7-8-12-24(16)20(17)25/h5-6,9-10H,4,7-8,11-12H2,1-3H3. The van der Waals surface area contributed by atoms with Crippen LogP contribution in [-0.4, -0.2) is 29.1 Å². The normalized spacial score (nSPS) is 13.4. The largest absolute Gasteiger partial charge is 0.492 e. The number of benzene rings is 1. The molecular weight excluding hydrogens is 374 g/mol. The second-order valence-electron chi connectivity index (χ2n) is 6.94. The summed E-state index contributed by atoms with van der Waals surface area (Å²) >= 11 is 1.30. The molecule has 0 bridgehead atoms. The Morgan fingerprint density at radius 3 is 2.89 bits per heavy atom. The van der Waals surface area contributed by atoms with Gasteiger partial charge in [0, 0.05) is 20.0 Å². The van der Waals surface area contributed by atoms with Gasteiger partial charge in [-0.1, -0.05) is 12.1 Å². The maximum absolute atomic E-state index is 13.3. The van der Waals surface area contributed by atoms with Crippen LogP contribution in [0.3, 0.4) is 0 Å². The fourth-order valence-electron chi connectivity index (χ4n) is 3.71. The number of hydrogen-bond acceptors (Lipinski definition) is 5. The zero-order valence-corrected chi connectivity index (χ0v) is 17.1. The van der Waals surface area contributed by atoms with Crippen molar-refractivity contribution < 1.29 is 9.53 Å². The summed E-state index contributed by atoms with van der Waals surface area (Å²) in [5.74, 6) is 1.34. The number of fused-ring (bicyclic) bond motifs is 2. The molecule has 0 atom stereocenters. The summed E-state index contributed by atoms with van der Waals surface area (Å²) < 4.78 is 7.44. The molecule has 1 amide bonds. The molecule has 1 aliphatic heterocycles. The monoisotopic (exact) mass is 397 g/mol. The van der Waals surface area contributed by atoms with Crippen molar-refractivity contribution in [3.8, 4) is 5.75 Å². The van der Waals surface area contributed by atoms with Crippen LogP contribution in [0.25, 0.3) is 10.2 Å². The third-order valence-corrected chi connectivity index (χ3v) is 6.36. The van der Waals surface area contributed by atoms with Gasteiger partial charge < -0.3 is 9.64 Å². The fraction of sp³-hybridized carbons (Fsp3) is 0.381. The molecule has 6 nitrogen and oxygen atoms in total. The lowest BCUT2D eigenvalue weighted by atomic mass is 10.1. The van der Waals surface area contributed by atoms with Crippen LogP contribution < -0.4 is 15.2 Å². The zero-order valence-electron chi connectivity index (χ0n) is 16.3. The van der Waals surface area contributed by atoms with Gasteiger partial charge in [0.05, 0.1) is 22.6 Å². The Morgan fingerprint density at radius 2 is 2.11 bits per heavy atom. The summed E-state index contributed by atoms with van der Waals surface area (Å²) in [6.45, 7) is 4.98. The van der Waals surface area contributed by atoms with E-state index in [2.05, 4.69) is 0 Å². The maximum atomic E-state index is 13.3. The number of amides is 1. The minimum Gasteiger partial charge on any atom is -0.492 e. The Bertz CT molecular complexity index is 1120. The summed E-state index contributed by atoms with van der Waals surface area (Å²) in [5, 5.41) is 0.575. The van der Waals surface area contributed by atoms with Gasteiger partial charge in [0.2, 0.25) is 0 Å². The van der Waals surface area contributed by atoms with Crippen LogP contribution in [0.1, 0.15) is 40.8 Å². The predicted molar refractivity (Wildman–Crippen MR) is 112 cm³/mol. The van der Waals surface area contributed by atoms with Crippen molar-refractivity contribution in [3.63, 3.8) is 0 Å². The first-order valence-corrected chi connectivity index (χ1v) is 10.4. The van der Waals surface area contributed by atoms with Gasteiger partial charge >= 0.3 is 0 Å². The molecular formula is C21H23N3O3S. The molecule has 0 saturated heterocycles. The molecule has 3 heterocycles. The summed E-state index contributed by atoms with van der Waals surface area (Å²) in [6.07, 6.45) is 2.85. The van der Waals surface area contributed by atoms with Crippen LogP contribution >= 0.6 is 11.3 Å². The third kappa shape index (κ3) is 2.99. The van der Waals surface area contributed by atoms with Crippen LogP contribution in [0, 0.1) is 6.92 Å². The molecule has 2 aromatic heterocycles. The molecule has 0 fully saturated rings. The van der Waals surface area contributed by atoms with E-state index in [-0.39, 0.29) is 11.5 Å². The highest BCUT2D eigenvalue weighted by Crippen LogP contribution is 2.33. The smallest absolute Gasteiger partial charge is 0.268 e. The van der Waals surface area contributed by atoms with Crippen molar-refractivity contribution in [3.05, 3.63) is 50.9 Å². The van der Waals surface area contributed by atoms with Crippen molar-refractivity contribution in [1.82, 2.24) is 9.55 Å². The number of hydrogen-bond donors (Lipinski definition) is 0. The van der Waals surface area contributed by atoms with Gasteiger partial charge in [0.25, 0.3) is 11.5 Å². The van der Waals surface area contributed by atoms with Crippen LogP contribution in [0.5, 0.6) is 5.75 Å². The van der Waals surface area contributed by atoms with E-state index in [0.717, 1.165) is 25.1 Å². The van der Waals surface area contributed by atoms with Crippen molar-refractivity contribution in [1.29, 1.82) is 0 Å². The van der Waals surface area contributed by atoms with E-state index in [1.165, 1.54) is 11.3 Å². The highest BCUT2D eigenvalue weighted by Gasteiger charge is 2.25. The third-order valence-electron chi connectivity index (χ3n) is 5.19. The van der Waals surface area contributed by atoms with E-state index in [0.29, 0.717) is 45.2 Å². The molecule has 146 valence electrons. The Morgan fingerprint density at radius 1 is 1.32 bits per heavy atom. The average molecular weight is 398 g/mol. The summed E-state index contributed by atoms with van der Waals surface area (Å²) in [4.78, 5) is 33.8. The lowest BCUT2D eigenvalue weighted by Crippen LogP contribution is -2.28. The molecule has 1 aromatic carbocycles. The quantitative estimate of drug-likeness (QED) is 0.672. The Labute approximate surface area is 167 Å². The van der Waals surface area contributed by atoms with Crippen LogP contribution in [0.2, 0.25) is 0 Å². The van der Waals surface area contributed by atoms with Crippen molar-refractivity contribution in [2.24, 2.45) is 0 Å². The first kappa shape index (κ1) is 18.7. The number of nitrogens with zero attached hydrogens (tertiary/aromatic N) is 3. The molecule has 1 aliphatic rings. The number of aryl methyl sites for hydroxylation is 2. The van der Waals surface area contributed by atoms with Crippen molar-refractivity contribution in [2.75, 3.05) is 18.6 Å². The van der Waals surface area contributed by atoms with Crippen LogP contribution in [0.4, 0.5) is 5.69 Å². The Hall–Kier alpha value is -2.67. The van der Waals surface area contributed by atoms with E-state index in [4.69, 9.17) is 9.72 Å². The lowest BCUT2D eigenvalue weighted by Gasteiger charge is -2.20. The molecule has 28 heavy (non-hydrogen) atoms. The number of thiophene rings is 1. The number of anilines is 1. The number of para-hydroxylation sites is 2. The van der Waals surface area contributed by atoms with Gasteiger partial charge in [-0.05, 0) is 44.4 Å². The highest BCUT2D eigenvalue weighted by atomic mass is 32.1. The second-order valence-corrected chi connectivity index (χ2v) is 7.94. The molecule has 0 N–H and O–H groups in total. The van der Waals surface area contributed by atoms with Gasteiger partial charge in [-0.25, -0.2) is 4.98 Å². The topological polar surface area (TPSA) is 64.4 Å². The average Bonchev–Trinajstić information content (AvgIpc) is 3.04. The van der Waals surface area contributed by atoms with Gasteiger partial charge in [0.15, 0.2) is 0 Å². The lowest BCUT2D eigenvalue weighted by molar-refractivity contribution is 0.0995. The number of carbonyl (C=O) groups excluding carboxylic acids is 1. The fourth-order valence-corrected chi connectivity index (χ4v) is 4.88.